The Labute approximate surface area is 151 Å². The second-order valence-electron chi connectivity index (χ2n) is 5.98. The summed E-state index contributed by atoms with van der Waals surface area (Å²) in [6.45, 7) is 2.70. The second kappa shape index (κ2) is 8.29. The molecule has 0 saturated heterocycles. The highest BCUT2D eigenvalue weighted by atomic mass is 19.1. The zero-order valence-corrected chi connectivity index (χ0v) is 14.5. The van der Waals surface area contributed by atoms with Crippen molar-refractivity contribution in [3.63, 3.8) is 0 Å². The molecule has 0 N–H and O–H groups in total. The average molecular weight is 350 g/mol. The summed E-state index contributed by atoms with van der Waals surface area (Å²) in [5.41, 5.74) is 2.35. The molecular formula is C20H19FN4O. The summed E-state index contributed by atoms with van der Waals surface area (Å²) < 4.78 is 13.1. The van der Waals surface area contributed by atoms with Gasteiger partial charge in [-0.15, -0.1) is 0 Å². The van der Waals surface area contributed by atoms with Crippen LogP contribution >= 0.6 is 0 Å². The Bertz CT molecular complexity index is 851. The van der Waals surface area contributed by atoms with E-state index in [0.717, 1.165) is 11.1 Å². The molecule has 2 aromatic heterocycles. The normalized spacial score (nSPS) is 10.5. The fourth-order valence-corrected chi connectivity index (χ4v) is 2.57. The summed E-state index contributed by atoms with van der Waals surface area (Å²) in [6.07, 6.45) is 7.14. The number of carbonyl (C=O) groups is 1. The highest BCUT2D eigenvalue weighted by Gasteiger charge is 2.17. The van der Waals surface area contributed by atoms with E-state index in [1.165, 1.54) is 12.1 Å². The number of benzene rings is 1. The van der Waals surface area contributed by atoms with Crippen molar-refractivity contribution in [1.29, 1.82) is 0 Å². The molecule has 0 bridgehead atoms. The first-order valence-corrected chi connectivity index (χ1v) is 8.33. The molecule has 0 fully saturated rings. The molecule has 0 saturated carbocycles. The van der Waals surface area contributed by atoms with Crippen LogP contribution in [0.5, 0.6) is 0 Å². The molecule has 3 rings (SSSR count). The highest BCUT2D eigenvalue weighted by Crippen LogP contribution is 2.11. The summed E-state index contributed by atoms with van der Waals surface area (Å²) in [5.74, 6) is 0.205. The van der Waals surface area contributed by atoms with E-state index in [1.807, 2.05) is 12.1 Å². The molecular weight excluding hydrogens is 331 g/mol. The Hall–Kier alpha value is -3.15. The molecule has 0 atom stereocenters. The number of rotatable bonds is 6. The van der Waals surface area contributed by atoms with Crippen molar-refractivity contribution in [3.8, 4) is 0 Å². The third-order valence-corrected chi connectivity index (χ3v) is 3.99. The summed E-state index contributed by atoms with van der Waals surface area (Å²) >= 11 is 0. The number of amides is 1. The molecule has 132 valence electrons. The van der Waals surface area contributed by atoms with Crippen LogP contribution in [0.15, 0.2) is 61.2 Å². The van der Waals surface area contributed by atoms with Gasteiger partial charge in [0.2, 0.25) is 0 Å². The van der Waals surface area contributed by atoms with E-state index in [0.29, 0.717) is 30.9 Å². The van der Waals surface area contributed by atoms with Gasteiger partial charge >= 0.3 is 0 Å². The van der Waals surface area contributed by atoms with Crippen LogP contribution in [0, 0.1) is 12.7 Å². The molecule has 0 radical (unpaired) electrons. The fourth-order valence-electron chi connectivity index (χ4n) is 2.57. The quantitative estimate of drug-likeness (QED) is 0.685. The van der Waals surface area contributed by atoms with Crippen LogP contribution in [-0.2, 0) is 13.0 Å². The minimum Gasteiger partial charge on any atom is -0.334 e. The molecule has 0 aliphatic rings. The summed E-state index contributed by atoms with van der Waals surface area (Å²) in [5, 5.41) is 0. The molecule has 5 nitrogen and oxygen atoms in total. The first-order valence-electron chi connectivity index (χ1n) is 8.33. The van der Waals surface area contributed by atoms with Crippen molar-refractivity contribution in [2.75, 3.05) is 6.54 Å². The Morgan fingerprint density at radius 1 is 1.04 bits per heavy atom. The Morgan fingerprint density at radius 3 is 2.42 bits per heavy atom. The van der Waals surface area contributed by atoms with Gasteiger partial charge in [-0.25, -0.2) is 14.4 Å². The van der Waals surface area contributed by atoms with Crippen molar-refractivity contribution in [2.45, 2.75) is 19.9 Å². The number of nitrogens with zero attached hydrogens (tertiary/aromatic N) is 4. The summed E-state index contributed by atoms with van der Waals surface area (Å²) in [7, 11) is 0. The molecule has 26 heavy (non-hydrogen) atoms. The predicted octanol–water partition coefficient (Wildman–Crippen LogP) is 3.20. The average Bonchev–Trinajstić information content (AvgIpc) is 2.67. The first-order chi connectivity index (χ1) is 12.6. The van der Waals surface area contributed by atoms with Crippen LogP contribution in [-0.4, -0.2) is 32.3 Å². The van der Waals surface area contributed by atoms with Gasteiger partial charge in [-0.05, 0) is 42.7 Å². The van der Waals surface area contributed by atoms with Gasteiger partial charge < -0.3 is 4.90 Å². The van der Waals surface area contributed by atoms with E-state index >= 15 is 0 Å². The number of aromatic nitrogens is 3. The van der Waals surface area contributed by atoms with Crippen LogP contribution in [0.2, 0.25) is 0 Å². The molecule has 0 aliphatic heterocycles. The van der Waals surface area contributed by atoms with E-state index in [-0.39, 0.29) is 11.7 Å². The number of halogens is 1. The Morgan fingerprint density at radius 2 is 1.77 bits per heavy atom. The van der Waals surface area contributed by atoms with Gasteiger partial charge in [0.05, 0.1) is 5.56 Å². The maximum Gasteiger partial charge on any atom is 0.257 e. The summed E-state index contributed by atoms with van der Waals surface area (Å²) in [6, 6.07) is 10.1. The van der Waals surface area contributed by atoms with E-state index in [1.54, 1.807) is 48.7 Å². The molecule has 0 spiro atoms. The van der Waals surface area contributed by atoms with E-state index in [2.05, 4.69) is 15.0 Å². The molecule has 2 heterocycles. The SMILES string of the molecule is Cc1ncc(C(=O)N(CCc2ccc(F)cc2)Cc2cccnc2)cn1. The number of hydrogen-bond acceptors (Lipinski definition) is 4. The van der Waals surface area contributed by atoms with Crippen molar-refractivity contribution < 1.29 is 9.18 Å². The Balaban J connectivity index is 1.77. The van der Waals surface area contributed by atoms with Crippen molar-refractivity contribution in [3.05, 3.63) is 89.5 Å². The molecule has 6 heteroatoms. The monoisotopic (exact) mass is 350 g/mol. The first kappa shape index (κ1) is 17.7. The van der Waals surface area contributed by atoms with Gasteiger partial charge in [0.1, 0.15) is 11.6 Å². The van der Waals surface area contributed by atoms with Gasteiger partial charge in [0.25, 0.3) is 5.91 Å². The van der Waals surface area contributed by atoms with Gasteiger partial charge in [0, 0.05) is 37.9 Å². The standard InChI is InChI=1S/C20H19FN4O/c1-15-23-12-18(13-24-15)20(26)25(14-17-3-2-9-22-11-17)10-8-16-4-6-19(21)7-5-16/h2-7,9,11-13H,8,10,14H2,1H3. The van der Waals surface area contributed by atoms with Crippen LogP contribution in [0.1, 0.15) is 27.3 Å². The lowest BCUT2D eigenvalue weighted by atomic mass is 10.1. The van der Waals surface area contributed by atoms with E-state index in [9.17, 15) is 9.18 Å². The molecule has 0 unspecified atom stereocenters. The van der Waals surface area contributed by atoms with Crippen LogP contribution in [0.25, 0.3) is 0 Å². The van der Waals surface area contributed by atoms with E-state index in [4.69, 9.17) is 0 Å². The Kier molecular flexibility index (Phi) is 5.63. The van der Waals surface area contributed by atoms with E-state index < -0.39 is 0 Å². The molecule has 1 aromatic carbocycles. The minimum atomic E-state index is -0.270. The van der Waals surface area contributed by atoms with Crippen LogP contribution in [0.4, 0.5) is 4.39 Å². The summed E-state index contributed by atoms with van der Waals surface area (Å²) in [4.78, 5) is 26.9. The predicted molar refractivity (Wildman–Crippen MR) is 95.9 cm³/mol. The van der Waals surface area contributed by atoms with Crippen LogP contribution < -0.4 is 0 Å². The second-order valence-corrected chi connectivity index (χ2v) is 5.98. The maximum absolute atomic E-state index is 13.1. The van der Waals surface area contributed by atoms with Gasteiger partial charge in [-0.3, -0.25) is 9.78 Å². The van der Waals surface area contributed by atoms with Crippen molar-refractivity contribution in [1.82, 2.24) is 19.9 Å². The number of carbonyl (C=O) groups excluding carboxylic acids is 1. The van der Waals surface area contributed by atoms with Gasteiger partial charge in [-0.2, -0.15) is 0 Å². The molecule has 1 amide bonds. The largest absolute Gasteiger partial charge is 0.334 e. The highest BCUT2D eigenvalue weighted by molar-refractivity contribution is 5.93. The third kappa shape index (κ3) is 4.69. The number of pyridine rings is 1. The smallest absolute Gasteiger partial charge is 0.257 e. The maximum atomic E-state index is 13.1. The van der Waals surface area contributed by atoms with Gasteiger partial charge in [0.15, 0.2) is 0 Å². The fraction of sp³-hybridized carbons (Fsp3) is 0.200. The van der Waals surface area contributed by atoms with Crippen molar-refractivity contribution >= 4 is 5.91 Å². The lowest BCUT2D eigenvalue weighted by Crippen LogP contribution is -2.32. The number of hydrogen-bond donors (Lipinski definition) is 0. The zero-order chi connectivity index (χ0) is 18.4. The topological polar surface area (TPSA) is 59.0 Å². The third-order valence-electron chi connectivity index (χ3n) is 3.99. The zero-order valence-electron chi connectivity index (χ0n) is 14.5. The lowest BCUT2D eigenvalue weighted by Gasteiger charge is -2.23. The molecule has 3 aromatic rings. The van der Waals surface area contributed by atoms with Gasteiger partial charge in [-0.1, -0.05) is 18.2 Å². The van der Waals surface area contributed by atoms with Crippen molar-refractivity contribution in [2.24, 2.45) is 0 Å². The van der Waals surface area contributed by atoms with Crippen LogP contribution in [0.3, 0.4) is 0 Å². The number of aryl methyl sites for hydroxylation is 1. The molecule has 0 aliphatic carbocycles. The minimum absolute atomic E-state index is 0.143. The lowest BCUT2D eigenvalue weighted by molar-refractivity contribution is 0.0744.